The maximum Gasteiger partial charge on any atom is 0.243 e. The van der Waals surface area contributed by atoms with Crippen molar-refractivity contribution in [2.75, 3.05) is 23.7 Å². The third kappa shape index (κ3) is 5.87. The van der Waals surface area contributed by atoms with Gasteiger partial charge in [0, 0.05) is 5.02 Å². The summed E-state index contributed by atoms with van der Waals surface area (Å²) >= 11 is 5.86. The molecule has 8 heteroatoms. The van der Waals surface area contributed by atoms with Crippen LogP contribution in [0.2, 0.25) is 5.02 Å². The summed E-state index contributed by atoms with van der Waals surface area (Å²) in [5.74, 6) is 0.313. The van der Waals surface area contributed by atoms with Crippen molar-refractivity contribution in [2.24, 2.45) is 0 Å². The fourth-order valence-electron chi connectivity index (χ4n) is 2.69. The summed E-state index contributed by atoms with van der Waals surface area (Å²) in [6, 6.07) is 11.2. The minimum Gasteiger partial charge on any atom is -0.492 e. The van der Waals surface area contributed by atoms with Crippen molar-refractivity contribution >= 4 is 33.2 Å². The fraction of sp³-hybridized carbons (Fsp3) is 0.350. The van der Waals surface area contributed by atoms with Crippen molar-refractivity contribution in [3.63, 3.8) is 0 Å². The maximum atomic E-state index is 12.5. The first-order valence-electron chi connectivity index (χ1n) is 8.82. The van der Waals surface area contributed by atoms with E-state index in [1.54, 1.807) is 24.3 Å². The molecule has 0 bridgehead atoms. The zero-order chi connectivity index (χ0) is 20.9. The standard InChI is InChI=1S/C20H25ClN2O4S/c1-14-5-10-19(13-15(14)2)27-12-11-22-20(24)16(3)23(28(4,25)26)18-8-6-17(21)7-9-18/h5-10,13,16H,11-12H2,1-4H3,(H,22,24). The van der Waals surface area contributed by atoms with E-state index in [1.807, 2.05) is 32.0 Å². The second-order valence-corrected chi connectivity index (χ2v) is 8.89. The lowest BCUT2D eigenvalue weighted by Crippen LogP contribution is -2.48. The normalized spacial score (nSPS) is 12.3. The molecule has 1 unspecified atom stereocenters. The number of nitrogens with one attached hydrogen (secondary N) is 1. The lowest BCUT2D eigenvalue weighted by molar-refractivity contribution is -0.121. The first-order valence-corrected chi connectivity index (χ1v) is 11.0. The van der Waals surface area contributed by atoms with Gasteiger partial charge in [0.1, 0.15) is 18.4 Å². The Hall–Kier alpha value is -2.25. The maximum absolute atomic E-state index is 12.5. The topological polar surface area (TPSA) is 75.7 Å². The molecule has 0 heterocycles. The predicted molar refractivity (Wildman–Crippen MR) is 113 cm³/mol. The number of aryl methyl sites for hydroxylation is 2. The molecular formula is C20H25ClN2O4S. The zero-order valence-electron chi connectivity index (χ0n) is 16.4. The number of hydrogen-bond donors (Lipinski definition) is 1. The van der Waals surface area contributed by atoms with Crippen molar-refractivity contribution in [2.45, 2.75) is 26.8 Å². The van der Waals surface area contributed by atoms with Crippen LogP contribution >= 0.6 is 11.6 Å². The molecule has 0 saturated heterocycles. The SMILES string of the molecule is Cc1ccc(OCCNC(=O)C(C)N(c2ccc(Cl)cc2)S(C)(=O)=O)cc1C. The Morgan fingerprint density at radius 3 is 2.36 bits per heavy atom. The summed E-state index contributed by atoms with van der Waals surface area (Å²) < 4.78 is 31.2. The number of rotatable bonds is 8. The van der Waals surface area contributed by atoms with Crippen molar-refractivity contribution in [1.29, 1.82) is 0 Å². The Bertz CT molecular complexity index is 930. The fourth-order valence-corrected chi connectivity index (χ4v) is 3.99. The number of carbonyl (C=O) groups is 1. The van der Waals surface area contributed by atoms with Crippen molar-refractivity contribution < 1.29 is 17.9 Å². The molecule has 0 spiro atoms. The second kappa shape index (κ2) is 9.30. The second-order valence-electron chi connectivity index (χ2n) is 6.60. The summed E-state index contributed by atoms with van der Waals surface area (Å²) in [6.45, 7) is 6.10. The van der Waals surface area contributed by atoms with Crippen LogP contribution in [0.3, 0.4) is 0 Å². The quantitative estimate of drug-likeness (QED) is 0.659. The van der Waals surface area contributed by atoms with Crippen LogP contribution in [-0.2, 0) is 14.8 Å². The van der Waals surface area contributed by atoms with Gasteiger partial charge in [-0.3, -0.25) is 9.10 Å². The van der Waals surface area contributed by atoms with E-state index in [-0.39, 0.29) is 13.2 Å². The summed E-state index contributed by atoms with van der Waals surface area (Å²) in [7, 11) is -3.66. The van der Waals surface area contributed by atoms with Crippen molar-refractivity contribution in [3.8, 4) is 5.75 Å². The van der Waals surface area contributed by atoms with Crippen molar-refractivity contribution in [3.05, 3.63) is 58.6 Å². The van der Waals surface area contributed by atoms with Gasteiger partial charge in [-0.25, -0.2) is 8.42 Å². The molecule has 2 rings (SSSR count). The highest BCUT2D eigenvalue weighted by atomic mass is 35.5. The monoisotopic (exact) mass is 424 g/mol. The average molecular weight is 425 g/mol. The van der Waals surface area contributed by atoms with Gasteiger partial charge in [0.2, 0.25) is 15.9 Å². The van der Waals surface area contributed by atoms with Crippen LogP contribution in [0.15, 0.2) is 42.5 Å². The Morgan fingerprint density at radius 2 is 1.79 bits per heavy atom. The smallest absolute Gasteiger partial charge is 0.243 e. The van der Waals surface area contributed by atoms with Crippen LogP contribution in [-0.4, -0.2) is 39.8 Å². The summed E-state index contributed by atoms with van der Waals surface area (Å²) in [5.41, 5.74) is 2.68. The molecule has 1 atom stereocenters. The molecule has 1 N–H and O–H groups in total. The van der Waals surface area contributed by atoms with E-state index < -0.39 is 22.0 Å². The number of benzene rings is 2. The molecule has 6 nitrogen and oxygen atoms in total. The predicted octanol–water partition coefficient (Wildman–Crippen LogP) is 3.31. The largest absolute Gasteiger partial charge is 0.492 e. The lowest BCUT2D eigenvalue weighted by Gasteiger charge is -2.28. The molecule has 0 radical (unpaired) electrons. The molecule has 0 aromatic heterocycles. The molecule has 0 aliphatic rings. The third-order valence-corrected chi connectivity index (χ3v) is 5.81. The van der Waals surface area contributed by atoms with E-state index in [0.717, 1.165) is 21.9 Å². The van der Waals surface area contributed by atoms with Gasteiger partial charge in [0.15, 0.2) is 0 Å². The number of hydrogen-bond acceptors (Lipinski definition) is 4. The Kier molecular flexibility index (Phi) is 7.32. The Balaban J connectivity index is 1.97. The summed E-state index contributed by atoms with van der Waals surface area (Å²) in [6.07, 6.45) is 1.06. The molecule has 152 valence electrons. The average Bonchev–Trinajstić information content (AvgIpc) is 2.62. The molecule has 0 aliphatic carbocycles. The van der Waals surface area contributed by atoms with Crippen LogP contribution in [0.5, 0.6) is 5.75 Å². The number of ether oxygens (including phenoxy) is 1. The highest BCUT2D eigenvalue weighted by molar-refractivity contribution is 7.92. The van der Waals surface area contributed by atoms with E-state index in [2.05, 4.69) is 5.32 Å². The number of amides is 1. The number of sulfonamides is 1. The third-order valence-electron chi connectivity index (χ3n) is 4.32. The van der Waals surface area contributed by atoms with Crippen LogP contribution in [0.4, 0.5) is 5.69 Å². The van der Waals surface area contributed by atoms with E-state index in [0.29, 0.717) is 10.7 Å². The highest BCUT2D eigenvalue weighted by Crippen LogP contribution is 2.23. The van der Waals surface area contributed by atoms with Crippen molar-refractivity contribution in [1.82, 2.24) is 5.32 Å². The van der Waals surface area contributed by atoms with Gasteiger partial charge in [-0.1, -0.05) is 17.7 Å². The lowest BCUT2D eigenvalue weighted by atomic mass is 10.1. The minimum absolute atomic E-state index is 0.258. The minimum atomic E-state index is -3.66. The van der Waals surface area contributed by atoms with Crippen LogP contribution < -0.4 is 14.4 Å². The summed E-state index contributed by atoms with van der Waals surface area (Å²) in [5, 5.41) is 3.20. The molecule has 1 amide bonds. The molecular weight excluding hydrogens is 400 g/mol. The Morgan fingerprint density at radius 1 is 1.14 bits per heavy atom. The molecule has 0 aliphatic heterocycles. The molecule has 0 fully saturated rings. The van der Waals surface area contributed by atoms with Crippen LogP contribution in [0.25, 0.3) is 0 Å². The van der Waals surface area contributed by atoms with Gasteiger partial charge in [-0.15, -0.1) is 0 Å². The van der Waals surface area contributed by atoms with Gasteiger partial charge < -0.3 is 10.1 Å². The van der Waals surface area contributed by atoms with Gasteiger partial charge in [-0.2, -0.15) is 0 Å². The highest BCUT2D eigenvalue weighted by Gasteiger charge is 2.28. The number of halogens is 1. The van der Waals surface area contributed by atoms with Crippen LogP contribution in [0.1, 0.15) is 18.1 Å². The zero-order valence-corrected chi connectivity index (χ0v) is 18.0. The number of anilines is 1. The van der Waals surface area contributed by atoms with Gasteiger partial charge in [-0.05, 0) is 68.3 Å². The van der Waals surface area contributed by atoms with Gasteiger partial charge >= 0.3 is 0 Å². The molecule has 0 saturated carbocycles. The molecule has 2 aromatic rings. The van der Waals surface area contributed by atoms with E-state index in [9.17, 15) is 13.2 Å². The number of carbonyl (C=O) groups excluding carboxylic acids is 1. The summed E-state index contributed by atoms with van der Waals surface area (Å²) in [4.78, 5) is 12.5. The molecule has 28 heavy (non-hydrogen) atoms. The Labute approximate surface area is 171 Å². The van der Waals surface area contributed by atoms with Gasteiger partial charge in [0.05, 0.1) is 18.5 Å². The number of nitrogens with zero attached hydrogens (tertiary/aromatic N) is 1. The first-order chi connectivity index (χ1) is 13.1. The van der Waals surface area contributed by atoms with E-state index in [1.165, 1.54) is 12.5 Å². The molecule has 2 aromatic carbocycles. The van der Waals surface area contributed by atoms with E-state index in [4.69, 9.17) is 16.3 Å². The van der Waals surface area contributed by atoms with Crippen LogP contribution in [0, 0.1) is 13.8 Å². The van der Waals surface area contributed by atoms with Gasteiger partial charge in [0.25, 0.3) is 0 Å². The first kappa shape index (κ1) is 22.0. The van der Waals surface area contributed by atoms with E-state index >= 15 is 0 Å².